The van der Waals surface area contributed by atoms with Crippen molar-refractivity contribution in [1.82, 2.24) is 14.9 Å². The van der Waals surface area contributed by atoms with Crippen molar-refractivity contribution in [2.24, 2.45) is 0 Å². The number of aromatic nitrogens is 2. The van der Waals surface area contributed by atoms with Crippen LogP contribution in [0.3, 0.4) is 0 Å². The third-order valence-electron chi connectivity index (χ3n) is 5.89. The van der Waals surface area contributed by atoms with E-state index in [-0.39, 0.29) is 18.4 Å². The first kappa shape index (κ1) is 21.7. The van der Waals surface area contributed by atoms with Crippen LogP contribution in [0.15, 0.2) is 72.8 Å². The maximum absolute atomic E-state index is 13.3. The zero-order valence-electron chi connectivity index (χ0n) is 18.6. The molecule has 0 aliphatic carbocycles. The number of nitrogens with zero attached hydrogens (tertiary/aromatic N) is 2. The number of ether oxygens (including phenoxy) is 1. The highest BCUT2D eigenvalue weighted by molar-refractivity contribution is 6.00. The largest absolute Gasteiger partial charge is 0.449 e. The molecular weight excluding hydrogens is 432 g/mol. The van der Waals surface area contributed by atoms with Gasteiger partial charge in [-0.3, -0.25) is 15.0 Å². The van der Waals surface area contributed by atoms with Crippen LogP contribution in [0.25, 0.3) is 11.0 Å². The molecule has 1 aromatic heterocycles. The van der Waals surface area contributed by atoms with E-state index in [1.807, 2.05) is 43.3 Å². The van der Waals surface area contributed by atoms with E-state index < -0.39 is 11.8 Å². The third-order valence-corrected chi connectivity index (χ3v) is 5.89. The summed E-state index contributed by atoms with van der Waals surface area (Å²) in [6.45, 7) is 2.46. The van der Waals surface area contributed by atoms with Crippen LogP contribution in [0.5, 0.6) is 0 Å². The number of hydrogen-bond acceptors (Lipinski definition) is 5. The first-order valence-corrected chi connectivity index (χ1v) is 11.1. The van der Waals surface area contributed by atoms with Gasteiger partial charge in [0.25, 0.3) is 5.91 Å². The van der Waals surface area contributed by atoms with Gasteiger partial charge in [-0.25, -0.2) is 9.78 Å². The zero-order chi connectivity index (χ0) is 23.7. The molecule has 2 amide bonds. The Morgan fingerprint density at radius 1 is 1.12 bits per heavy atom. The van der Waals surface area contributed by atoms with Crippen LogP contribution in [0.1, 0.15) is 40.4 Å². The van der Waals surface area contributed by atoms with Crippen LogP contribution in [-0.2, 0) is 17.0 Å². The van der Waals surface area contributed by atoms with Gasteiger partial charge in [0, 0.05) is 23.2 Å². The predicted octanol–water partition coefficient (Wildman–Crippen LogP) is 4.37. The average Bonchev–Trinajstić information content (AvgIpc) is 3.35. The van der Waals surface area contributed by atoms with E-state index in [1.54, 1.807) is 36.4 Å². The van der Waals surface area contributed by atoms with Crippen molar-refractivity contribution in [3.05, 3.63) is 95.1 Å². The number of imidazole rings is 1. The fourth-order valence-corrected chi connectivity index (χ4v) is 4.29. The summed E-state index contributed by atoms with van der Waals surface area (Å²) in [6.07, 6.45) is 0.124. The highest BCUT2D eigenvalue weighted by atomic mass is 16.5. The molecule has 0 bridgehead atoms. The second kappa shape index (κ2) is 8.64. The Hall–Kier alpha value is -4.17. The van der Waals surface area contributed by atoms with Crippen LogP contribution in [0, 0.1) is 0 Å². The summed E-state index contributed by atoms with van der Waals surface area (Å²) in [6, 6.07) is 21.9. The number of anilines is 1. The minimum absolute atomic E-state index is 0.238. The molecule has 3 N–H and O–H groups in total. The van der Waals surface area contributed by atoms with Crippen molar-refractivity contribution < 1.29 is 19.4 Å². The lowest BCUT2D eigenvalue weighted by Crippen LogP contribution is -2.44. The average molecular weight is 457 g/mol. The molecule has 4 aromatic rings. The zero-order valence-corrected chi connectivity index (χ0v) is 18.6. The molecule has 172 valence electrons. The summed E-state index contributed by atoms with van der Waals surface area (Å²) in [4.78, 5) is 34.1. The van der Waals surface area contributed by atoms with Crippen molar-refractivity contribution in [1.29, 1.82) is 0 Å². The van der Waals surface area contributed by atoms with Crippen LogP contribution in [-0.4, -0.2) is 38.6 Å². The summed E-state index contributed by atoms with van der Waals surface area (Å²) in [5.74, 6) is -0.00281. The Labute approximate surface area is 196 Å². The summed E-state index contributed by atoms with van der Waals surface area (Å²) >= 11 is 0. The number of fused-ring (bicyclic) bond motifs is 2. The third kappa shape index (κ3) is 3.68. The van der Waals surface area contributed by atoms with Gasteiger partial charge in [0.05, 0.1) is 17.6 Å². The van der Waals surface area contributed by atoms with E-state index in [0.717, 1.165) is 12.0 Å². The number of aromatic amines is 1. The molecule has 0 saturated carbocycles. The summed E-state index contributed by atoms with van der Waals surface area (Å²) < 4.78 is 5.04. The lowest BCUT2D eigenvalue weighted by molar-refractivity contribution is -0.0542. The van der Waals surface area contributed by atoms with Gasteiger partial charge >= 0.3 is 6.09 Å². The Morgan fingerprint density at radius 2 is 1.88 bits per heavy atom. The minimum atomic E-state index is -1.67. The van der Waals surface area contributed by atoms with E-state index in [1.165, 1.54) is 4.90 Å². The molecular formula is C26H24N4O4. The number of aliphatic hydroxyl groups is 1. The smallest absolute Gasteiger partial charge is 0.413 e. The standard InChI is InChI=1S/C26H24N4O4/c1-2-14-34-25(32)29-24-27-21-13-12-18(15-22(21)28-24)26(33)20-11-7-6-10-19(20)23(31)30(26)16-17-8-4-3-5-9-17/h3-13,15,33H,2,14,16H2,1H3,(H2,27,28,29,32). The van der Waals surface area contributed by atoms with Crippen LogP contribution in [0.4, 0.5) is 10.7 Å². The number of rotatable bonds is 6. The lowest BCUT2D eigenvalue weighted by atomic mass is 9.93. The molecule has 0 spiro atoms. The summed E-state index contributed by atoms with van der Waals surface area (Å²) in [7, 11) is 0. The second-order valence-corrected chi connectivity index (χ2v) is 8.17. The topological polar surface area (TPSA) is 108 Å². The van der Waals surface area contributed by atoms with Crippen molar-refractivity contribution in [2.75, 3.05) is 11.9 Å². The van der Waals surface area contributed by atoms with Crippen LogP contribution >= 0.6 is 0 Å². The van der Waals surface area contributed by atoms with E-state index in [0.29, 0.717) is 34.3 Å². The molecule has 0 fully saturated rings. The number of H-pyrrole nitrogens is 1. The van der Waals surface area contributed by atoms with Crippen molar-refractivity contribution in [3.8, 4) is 0 Å². The molecule has 1 atom stereocenters. The maximum atomic E-state index is 13.3. The normalized spacial score (nSPS) is 17.1. The predicted molar refractivity (Wildman–Crippen MR) is 127 cm³/mol. The minimum Gasteiger partial charge on any atom is -0.449 e. The second-order valence-electron chi connectivity index (χ2n) is 8.17. The van der Waals surface area contributed by atoms with Gasteiger partial charge < -0.3 is 14.8 Å². The van der Waals surface area contributed by atoms with Crippen molar-refractivity contribution in [2.45, 2.75) is 25.6 Å². The van der Waals surface area contributed by atoms with Gasteiger partial charge in [-0.1, -0.05) is 61.5 Å². The molecule has 0 saturated heterocycles. The van der Waals surface area contributed by atoms with E-state index >= 15 is 0 Å². The highest BCUT2D eigenvalue weighted by Gasteiger charge is 2.49. The maximum Gasteiger partial charge on any atom is 0.413 e. The molecule has 1 unspecified atom stereocenters. The van der Waals surface area contributed by atoms with Gasteiger partial charge in [-0.15, -0.1) is 0 Å². The molecule has 2 heterocycles. The lowest BCUT2D eigenvalue weighted by Gasteiger charge is -2.35. The molecule has 1 aliphatic rings. The number of amides is 2. The van der Waals surface area contributed by atoms with Gasteiger partial charge in [0.1, 0.15) is 0 Å². The van der Waals surface area contributed by atoms with Gasteiger partial charge in [0.2, 0.25) is 5.95 Å². The number of carbonyl (C=O) groups is 2. The molecule has 34 heavy (non-hydrogen) atoms. The van der Waals surface area contributed by atoms with E-state index in [4.69, 9.17) is 4.74 Å². The van der Waals surface area contributed by atoms with E-state index in [9.17, 15) is 14.7 Å². The van der Waals surface area contributed by atoms with Gasteiger partial charge in [0.15, 0.2) is 5.72 Å². The van der Waals surface area contributed by atoms with Gasteiger partial charge in [-0.2, -0.15) is 0 Å². The molecule has 3 aromatic carbocycles. The Kier molecular flexibility index (Phi) is 5.51. The number of benzene rings is 3. The fourth-order valence-electron chi connectivity index (χ4n) is 4.29. The van der Waals surface area contributed by atoms with Gasteiger partial charge in [-0.05, 0) is 30.2 Å². The summed E-state index contributed by atoms with van der Waals surface area (Å²) in [5.41, 5.74) is 1.94. The van der Waals surface area contributed by atoms with Crippen LogP contribution in [0.2, 0.25) is 0 Å². The summed E-state index contributed by atoms with van der Waals surface area (Å²) in [5, 5.41) is 14.7. The fraction of sp³-hybridized carbons (Fsp3) is 0.192. The molecule has 8 heteroatoms. The highest BCUT2D eigenvalue weighted by Crippen LogP contribution is 2.43. The molecule has 5 rings (SSSR count). The Morgan fingerprint density at radius 3 is 2.68 bits per heavy atom. The Bertz CT molecular complexity index is 1370. The SMILES string of the molecule is CCCOC(=O)Nc1nc2ccc(C3(O)c4ccccc4C(=O)N3Cc3ccccc3)cc2[nH]1. The van der Waals surface area contributed by atoms with Crippen LogP contribution < -0.4 is 5.32 Å². The molecule has 1 aliphatic heterocycles. The number of hydrogen-bond donors (Lipinski definition) is 3. The Balaban J connectivity index is 1.54. The molecule has 0 radical (unpaired) electrons. The first-order chi connectivity index (χ1) is 16.5. The van der Waals surface area contributed by atoms with Crippen molar-refractivity contribution >= 4 is 29.0 Å². The quantitative estimate of drug-likeness (QED) is 0.399. The monoisotopic (exact) mass is 456 g/mol. The number of carbonyl (C=O) groups excluding carboxylic acids is 2. The van der Waals surface area contributed by atoms with Crippen molar-refractivity contribution in [3.63, 3.8) is 0 Å². The first-order valence-electron chi connectivity index (χ1n) is 11.1. The number of nitrogens with one attached hydrogen (secondary N) is 2. The van der Waals surface area contributed by atoms with E-state index in [2.05, 4.69) is 15.3 Å². The molecule has 8 nitrogen and oxygen atoms in total.